The number of furan rings is 1. The number of carbonyl (C=O) groups is 2. The van der Waals surface area contributed by atoms with E-state index in [9.17, 15) is 9.59 Å². The van der Waals surface area contributed by atoms with Gasteiger partial charge in [0.25, 0.3) is 0 Å². The molecule has 1 atom stereocenters. The van der Waals surface area contributed by atoms with Crippen molar-refractivity contribution in [1.29, 1.82) is 0 Å². The number of nitrogens with zero attached hydrogens (tertiary/aromatic N) is 1. The highest BCUT2D eigenvalue weighted by Crippen LogP contribution is 2.24. The predicted octanol–water partition coefficient (Wildman–Crippen LogP) is 3.01. The van der Waals surface area contributed by atoms with E-state index in [1.165, 1.54) is 11.8 Å². The van der Waals surface area contributed by atoms with Gasteiger partial charge in [-0.1, -0.05) is 23.9 Å². The molecular weight excluding hydrogens is 338 g/mol. The van der Waals surface area contributed by atoms with Crippen molar-refractivity contribution in [2.75, 3.05) is 5.32 Å². The van der Waals surface area contributed by atoms with Gasteiger partial charge in [0.2, 0.25) is 11.8 Å². The van der Waals surface area contributed by atoms with E-state index >= 15 is 0 Å². The molecule has 2 amide bonds. The van der Waals surface area contributed by atoms with Gasteiger partial charge in [-0.3, -0.25) is 14.6 Å². The molecule has 0 saturated carbocycles. The van der Waals surface area contributed by atoms with E-state index in [4.69, 9.17) is 4.42 Å². The first kappa shape index (κ1) is 17.3. The summed E-state index contributed by atoms with van der Waals surface area (Å²) < 4.78 is 5.21. The number of amidine groups is 1. The number of amides is 2. The zero-order valence-electron chi connectivity index (χ0n) is 14.0. The SMILES string of the molecule is Cc1ccc(C)c(NC(=O)CC2SC(=NCc3ccco3)NC2=O)c1. The van der Waals surface area contributed by atoms with Crippen LogP contribution in [0, 0.1) is 13.8 Å². The first-order chi connectivity index (χ1) is 12.0. The van der Waals surface area contributed by atoms with E-state index < -0.39 is 5.25 Å². The van der Waals surface area contributed by atoms with E-state index in [-0.39, 0.29) is 18.2 Å². The maximum absolute atomic E-state index is 12.3. The van der Waals surface area contributed by atoms with Gasteiger partial charge in [0.1, 0.15) is 11.0 Å². The highest BCUT2D eigenvalue weighted by molar-refractivity contribution is 8.15. The van der Waals surface area contributed by atoms with E-state index in [1.807, 2.05) is 38.1 Å². The molecule has 1 aliphatic rings. The van der Waals surface area contributed by atoms with Crippen molar-refractivity contribution < 1.29 is 14.0 Å². The largest absolute Gasteiger partial charge is 0.467 e. The Morgan fingerprint density at radius 3 is 2.96 bits per heavy atom. The van der Waals surface area contributed by atoms with Crippen molar-refractivity contribution in [3.63, 3.8) is 0 Å². The van der Waals surface area contributed by atoms with Crippen LogP contribution >= 0.6 is 11.8 Å². The summed E-state index contributed by atoms with van der Waals surface area (Å²) in [6.45, 7) is 4.26. The van der Waals surface area contributed by atoms with Crippen LogP contribution in [-0.4, -0.2) is 22.2 Å². The van der Waals surface area contributed by atoms with Gasteiger partial charge in [-0.25, -0.2) is 0 Å². The predicted molar refractivity (Wildman–Crippen MR) is 98.5 cm³/mol. The van der Waals surface area contributed by atoms with Crippen LogP contribution in [0.1, 0.15) is 23.3 Å². The van der Waals surface area contributed by atoms with Crippen LogP contribution in [0.25, 0.3) is 0 Å². The molecule has 1 aromatic carbocycles. The number of aryl methyl sites for hydroxylation is 2. The van der Waals surface area contributed by atoms with Crippen LogP contribution in [0.15, 0.2) is 46.0 Å². The minimum Gasteiger partial charge on any atom is -0.467 e. The zero-order chi connectivity index (χ0) is 17.8. The van der Waals surface area contributed by atoms with Crippen LogP contribution in [0.4, 0.5) is 5.69 Å². The number of thioether (sulfide) groups is 1. The minimum atomic E-state index is -0.472. The molecule has 3 rings (SSSR count). The van der Waals surface area contributed by atoms with Gasteiger partial charge in [0.15, 0.2) is 5.17 Å². The summed E-state index contributed by atoms with van der Waals surface area (Å²) in [6, 6.07) is 9.48. The molecule has 1 fully saturated rings. The fourth-order valence-electron chi connectivity index (χ4n) is 2.41. The Morgan fingerprint density at radius 1 is 1.36 bits per heavy atom. The summed E-state index contributed by atoms with van der Waals surface area (Å²) in [5, 5.41) is 5.64. The maximum Gasteiger partial charge on any atom is 0.240 e. The zero-order valence-corrected chi connectivity index (χ0v) is 14.9. The lowest BCUT2D eigenvalue weighted by atomic mass is 10.1. The highest BCUT2D eigenvalue weighted by atomic mass is 32.2. The lowest BCUT2D eigenvalue weighted by molar-refractivity contribution is -0.122. The number of benzene rings is 1. The van der Waals surface area contributed by atoms with Crippen LogP contribution in [0.2, 0.25) is 0 Å². The number of aliphatic imine (C=N–C) groups is 1. The topological polar surface area (TPSA) is 83.7 Å². The number of rotatable bonds is 5. The Morgan fingerprint density at radius 2 is 2.20 bits per heavy atom. The highest BCUT2D eigenvalue weighted by Gasteiger charge is 2.32. The number of nitrogens with one attached hydrogen (secondary N) is 2. The van der Waals surface area contributed by atoms with Crippen LogP contribution < -0.4 is 10.6 Å². The average Bonchev–Trinajstić information content (AvgIpc) is 3.19. The van der Waals surface area contributed by atoms with Crippen molar-refractivity contribution >= 4 is 34.4 Å². The number of carbonyl (C=O) groups excluding carboxylic acids is 2. The van der Waals surface area contributed by atoms with Crippen molar-refractivity contribution in [3.05, 3.63) is 53.5 Å². The third kappa shape index (κ3) is 4.51. The van der Waals surface area contributed by atoms with E-state index in [0.717, 1.165) is 22.6 Å². The monoisotopic (exact) mass is 357 g/mol. The summed E-state index contributed by atoms with van der Waals surface area (Å²) in [7, 11) is 0. The molecule has 130 valence electrons. The molecule has 2 heterocycles. The summed E-state index contributed by atoms with van der Waals surface area (Å²) in [6.07, 6.45) is 1.68. The Balaban J connectivity index is 1.57. The lowest BCUT2D eigenvalue weighted by Gasteiger charge is -2.10. The second kappa shape index (κ2) is 7.57. The molecule has 6 nitrogen and oxygen atoms in total. The van der Waals surface area contributed by atoms with E-state index in [1.54, 1.807) is 12.3 Å². The molecule has 1 aliphatic heterocycles. The fourth-order valence-corrected chi connectivity index (χ4v) is 3.38. The summed E-state index contributed by atoms with van der Waals surface area (Å²) in [4.78, 5) is 28.6. The van der Waals surface area contributed by atoms with E-state index in [0.29, 0.717) is 11.7 Å². The minimum absolute atomic E-state index is 0.101. The molecule has 1 aromatic heterocycles. The second-order valence-electron chi connectivity index (χ2n) is 5.87. The summed E-state index contributed by atoms with van der Waals surface area (Å²) in [5.41, 5.74) is 2.84. The van der Waals surface area contributed by atoms with Gasteiger partial charge in [-0.05, 0) is 43.2 Å². The van der Waals surface area contributed by atoms with E-state index in [2.05, 4.69) is 15.6 Å². The number of anilines is 1. The van der Waals surface area contributed by atoms with Crippen LogP contribution in [0.3, 0.4) is 0 Å². The average molecular weight is 357 g/mol. The molecule has 0 bridgehead atoms. The molecule has 2 N–H and O–H groups in total. The van der Waals surface area contributed by atoms with Crippen LogP contribution in [-0.2, 0) is 16.1 Å². The van der Waals surface area contributed by atoms with Gasteiger partial charge in [-0.15, -0.1) is 0 Å². The van der Waals surface area contributed by atoms with Gasteiger partial charge in [0, 0.05) is 12.1 Å². The fraction of sp³-hybridized carbons (Fsp3) is 0.278. The van der Waals surface area contributed by atoms with Gasteiger partial charge in [-0.2, -0.15) is 0 Å². The quantitative estimate of drug-likeness (QED) is 0.861. The number of hydrogen-bond acceptors (Lipinski definition) is 5. The molecular formula is C18H19N3O3S. The summed E-state index contributed by atoms with van der Waals surface area (Å²) >= 11 is 1.27. The van der Waals surface area contributed by atoms with Crippen molar-refractivity contribution in [2.24, 2.45) is 4.99 Å². The Hall–Kier alpha value is -2.54. The molecule has 0 spiro atoms. The summed E-state index contributed by atoms with van der Waals surface area (Å²) in [5.74, 6) is 0.339. The standard InChI is InChI=1S/C18H19N3O3S/c1-11-5-6-12(2)14(8-11)20-16(22)9-15-17(23)21-18(25-15)19-10-13-4-3-7-24-13/h3-8,15H,9-10H2,1-2H3,(H,20,22)(H,19,21,23). The van der Waals surface area contributed by atoms with Gasteiger partial charge < -0.3 is 15.1 Å². The molecule has 0 aliphatic carbocycles. The third-order valence-electron chi connectivity index (χ3n) is 3.77. The Kier molecular flexibility index (Phi) is 5.23. The molecule has 1 unspecified atom stereocenters. The first-order valence-corrected chi connectivity index (χ1v) is 8.80. The lowest BCUT2D eigenvalue weighted by Crippen LogP contribution is -2.28. The number of hydrogen-bond donors (Lipinski definition) is 2. The second-order valence-corrected chi connectivity index (χ2v) is 7.06. The van der Waals surface area contributed by atoms with Crippen molar-refractivity contribution in [2.45, 2.75) is 32.1 Å². The smallest absolute Gasteiger partial charge is 0.240 e. The van der Waals surface area contributed by atoms with Crippen molar-refractivity contribution in [1.82, 2.24) is 5.32 Å². The van der Waals surface area contributed by atoms with Gasteiger partial charge in [0.05, 0.1) is 12.8 Å². The molecule has 25 heavy (non-hydrogen) atoms. The van der Waals surface area contributed by atoms with Crippen molar-refractivity contribution in [3.8, 4) is 0 Å². The molecule has 0 radical (unpaired) electrons. The molecule has 1 saturated heterocycles. The molecule has 2 aromatic rings. The Labute approximate surface area is 150 Å². The molecule has 7 heteroatoms. The third-order valence-corrected chi connectivity index (χ3v) is 4.89. The normalized spacial score (nSPS) is 18.4. The van der Waals surface area contributed by atoms with Crippen LogP contribution in [0.5, 0.6) is 0 Å². The maximum atomic E-state index is 12.3. The van der Waals surface area contributed by atoms with Gasteiger partial charge >= 0.3 is 0 Å². The Bertz CT molecular complexity index is 815. The first-order valence-electron chi connectivity index (χ1n) is 7.93.